The van der Waals surface area contributed by atoms with Crippen molar-refractivity contribution < 1.29 is 19.1 Å². The van der Waals surface area contributed by atoms with E-state index in [4.69, 9.17) is 4.74 Å². The number of hydrogen-bond acceptors (Lipinski definition) is 3. The van der Waals surface area contributed by atoms with Crippen LogP contribution in [0.2, 0.25) is 0 Å². The molecule has 0 spiro atoms. The van der Waals surface area contributed by atoms with E-state index in [1.165, 1.54) is 0 Å². The molecule has 4 rings (SSSR count). The molecule has 4 nitrogen and oxygen atoms in total. The molecule has 2 atom stereocenters. The summed E-state index contributed by atoms with van der Waals surface area (Å²) in [6.45, 7) is 3.97. The summed E-state index contributed by atoms with van der Waals surface area (Å²) in [4.78, 5) is 13.4. The van der Waals surface area contributed by atoms with E-state index in [1.807, 2.05) is 62.4 Å². The first kappa shape index (κ1) is 19.9. The molecule has 1 fully saturated rings. The molecule has 0 aromatic heterocycles. The number of rotatable bonds is 4. The van der Waals surface area contributed by atoms with E-state index in [0.717, 1.165) is 28.5 Å². The zero-order valence-electron chi connectivity index (χ0n) is 17.6. The summed E-state index contributed by atoms with van der Waals surface area (Å²) >= 11 is 0. The van der Waals surface area contributed by atoms with E-state index in [1.54, 1.807) is 0 Å². The summed E-state index contributed by atoms with van der Waals surface area (Å²) < 4.78 is 6.87. The topological polar surface area (TPSA) is 46.5 Å². The molecule has 2 bridgehead atoms. The van der Waals surface area contributed by atoms with Gasteiger partial charge in [-0.05, 0) is 37.1 Å². The maximum atomic E-state index is 13.4. The minimum Gasteiger partial charge on any atom is -0.459 e. The highest BCUT2D eigenvalue weighted by molar-refractivity contribution is 5.85. The minimum absolute atomic E-state index is 0.193. The van der Waals surface area contributed by atoms with Gasteiger partial charge in [0.2, 0.25) is 5.60 Å². The Morgan fingerprint density at radius 1 is 0.897 bits per heavy atom. The largest absolute Gasteiger partial charge is 0.459 e. The average molecular weight is 393 g/mol. The first-order valence-electron chi connectivity index (χ1n) is 10.3. The molecule has 2 aromatic rings. The number of piperidine rings is 1. The molecule has 1 N–H and O–H groups in total. The molecule has 2 aliphatic heterocycles. The zero-order chi connectivity index (χ0) is 20.8. The smallest absolute Gasteiger partial charge is 0.347 e. The van der Waals surface area contributed by atoms with E-state index in [0.29, 0.717) is 23.2 Å². The van der Waals surface area contributed by atoms with Gasteiger partial charge < -0.3 is 14.3 Å². The van der Waals surface area contributed by atoms with Crippen molar-refractivity contribution in [2.24, 2.45) is 0 Å². The van der Waals surface area contributed by atoms with Crippen molar-refractivity contribution in [3.05, 3.63) is 82.9 Å². The lowest BCUT2D eigenvalue weighted by molar-refractivity contribution is -0.926. The summed E-state index contributed by atoms with van der Waals surface area (Å²) in [5, 5.41) is 11.7. The molecule has 152 valence electrons. The number of nitrogens with zero attached hydrogens (tertiary/aromatic N) is 1. The number of ether oxygens (including phenoxy) is 1. The fourth-order valence-corrected chi connectivity index (χ4v) is 4.61. The van der Waals surface area contributed by atoms with Crippen molar-refractivity contribution in [2.45, 2.75) is 50.5 Å². The van der Waals surface area contributed by atoms with Crippen LogP contribution in [0.5, 0.6) is 0 Å². The number of aliphatic hydroxyl groups is 1. The van der Waals surface area contributed by atoms with Gasteiger partial charge in [0.05, 0.1) is 14.1 Å². The molecule has 2 heterocycles. The number of hydrogen-bond donors (Lipinski definition) is 1. The van der Waals surface area contributed by atoms with Gasteiger partial charge >= 0.3 is 5.97 Å². The molecule has 2 aromatic carbocycles. The molecular formula is C25H30NO3+. The standard InChI is InChI=1S/C25H30NO3/c1-17-5-9-19(10-6-17)25(28,20-11-7-18(2)8-12-20)24(27)29-23-15-21-13-14-22(16-23)26(21,3)4/h5-14,21-23,28H,15-16H2,1-4H3/q+1. The second-order valence-corrected chi connectivity index (χ2v) is 9.09. The Balaban J connectivity index is 1.64. The Labute approximate surface area is 173 Å². The van der Waals surface area contributed by atoms with Crippen LogP contribution in [0.15, 0.2) is 60.7 Å². The monoisotopic (exact) mass is 392 g/mol. The van der Waals surface area contributed by atoms with Crippen molar-refractivity contribution in [3.8, 4) is 0 Å². The van der Waals surface area contributed by atoms with E-state index in [-0.39, 0.29) is 6.10 Å². The number of likely N-dealkylation sites (N-methyl/N-ethyl adjacent to an activating group) is 1. The van der Waals surface area contributed by atoms with Gasteiger partial charge in [0.25, 0.3) is 0 Å². The Morgan fingerprint density at radius 3 is 1.72 bits per heavy atom. The molecule has 0 saturated carbocycles. The van der Waals surface area contributed by atoms with Crippen LogP contribution in [0, 0.1) is 13.8 Å². The highest BCUT2D eigenvalue weighted by Gasteiger charge is 2.49. The van der Waals surface area contributed by atoms with Crippen LogP contribution < -0.4 is 0 Å². The Hall–Kier alpha value is -2.43. The fraction of sp³-hybridized carbons (Fsp3) is 0.400. The third-order valence-electron chi connectivity index (χ3n) is 6.78. The zero-order valence-corrected chi connectivity index (χ0v) is 17.6. The lowest BCUT2D eigenvalue weighted by Crippen LogP contribution is -2.57. The van der Waals surface area contributed by atoms with Gasteiger partial charge in [0, 0.05) is 12.8 Å². The van der Waals surface area contributed by atoms with Gasteiger partial charge in [0.15, 0.2) is 0 Å². The van der Waals surface area contributed by atoms with Crippen LogP contribution in [0.4, 0.5) is 0 Å². The lowest BCUT2D eigenvalue weighted by atomic mass is 9.85. The predicted octanol–water partition coefficient (Wildman–Crippen LogP) is 3.63. The van der Waals surface area contributed by atoms with E-state index in [2.05, 4.69) is 26.2 Å². The summed E-state index contributed by atoms with van der Waals surface area (Å²) in [5.41, 5.74) is 1.39. The van der Waals surface area contributed by atoms with Crippen molar-refractivity contribution in [1.82, 2.24) is 0 Å². The molecule has 0 amide bonds. The van der Waals surface area contributed by atoms with E-state index >= 15 is 0 Å². The van der Waals surface area contributed by atoms with Crippen LogP contribution in [0.25, 0.3) is 0 Å². The van der Waals surface area contributed by atoms with Crippen LogP contribution >= 0.6 is 0 Å². The second kappa shape index (κ2) is 7.12. The van der Waals surface area contributed by atoms with Crippen LogP contribution in [0.3, 0.4) is 0 Å². The summed E-state index contributed by atoms with van der Waals surface area (Å²) in [6, 6.07) is 15.6. The van der Waals surface area contributed by atoms with Gasteiger partial charge in [-0.15, -0.1) is 0 Å². The first-order chi connectivity index (χ1) is 13.7. The third-order valence-corrected chi connectivity index (χ3v) is 6.78. The summed E-state index contributed by atoms with van der Waals surface area (Å²) in [6.07, 6.45) is 5.85. The molecule has 4 heteroatoms. The maximum absolute atomic E-state index is 13.4. The van der Waals surface area contributed by atoms with Gasteiger partial charge in [-0.1, -0.05) is 59.7 Å². The summed E-state index contributed by atoms with van der Waals surface area (Å²) in [5.74, 6) is -0.596. The molecule has 1 saturated heterocycles. The van der Waals surface area contributed by atoms with Crippen LogP contribution in [-0.4, -0.2) is 47.8 Å². The van der Waals surface area contributed by atoms with E-state index in [9.17, 15) is 9.90 Å². The minimum atomic E-state index is -1.82. The molecule has 0 radical (unpaired) electrons. The van der Waals surface area contributed by atoms with Gasteiger partial charge in [-0.2, -0.15) is 0 Å². The van der Waals surface area contributed by atoms with Gasteiger partial charge in [0.1, 0.15) is 18.2 Å². The normalized spacial score (nSPS) is 25.1. The second-order valence-electron chi connectivity index (χ2n) is 9.09. The molecule has 2 unspecified atom stereocenters. The number of aryl methyl sites for hydroxylation is 2. The Morgan fingerprint density at radius 2 is 1.31 bits per heavy atom. The fourth-order valence-electron chi connectivity index (χ4n) is 4.61. The highest BCUT2D eigenvalue weighted by atomic mass is 16.6. The number of fused-ring (bicyclic) bond motifs is 2. The van der Waals surface area contributed by atoms with Crippen molar-refractivity contribution >= 4 is 5.97 Å². The third kappa shape index (κ3) is 3.41. The Kier molecular flexibility index (Phi) is 4.88. The number of esters is 1. The Bertz CT molecular complexity index is 864. The molecule has 0 aliphatic carbocycles. The summed E-state index contributed by atoms with van der Waals surface area (Å²) in [7, 11) is 4.45. The highest BCUT2D eigenvalue weighted by Crippen LogP contribution is 2.38. The number of quaternary nitrogens is 1. The number of carbonyl (C=O) groups excluding carboxylic acids is 1. The SMILES string of the molecule is Cc1ccc(C(O)(C(=O)OC2CC3C=CC(C2)[N+]3(C)C)c2ccc(C)cc2)cc1. The lowest BCUT2D eigenvalue weighted by Gasteiger charge is -2.44. The van der Waals surface area contributed by atoms with Crippen molar-refractivity contribution in [3.63, 3.8) is 0 Å². The van der Waals surface area contributed by atoms with Crippen LogP contribution in [-0.2, 0) is 15.1 Å². The van der Waals surface area contributed by atoms with Gasteiger partial charge in [-0.3, -0.25) is 0 Å². The van der Waals surface area contributed by atoms with Crippen molar-refractivity contribution in [1.29, 1.82) is 0 Å². The molecular weight excluding hydrogens is 362 g/mol. The first-order valence-corrected chi connectivity index (χ1v) is 10.3. The quantitative estimate of drug-likeness (QED) is 0.491. The molecule has 2 aliphatic rings. The number of carbonyl (C=O) groups is 1. The average Bonchev–Trinajstić information content (AvgIpc) is 2.85. The predicted molar refractivity (Wildman–Crippen MR) is 113 cm³/mol. The molecule has 29 heavy (non-hydrogen) atoms. The van der Waals surface area contributed by atoms with Gasteiger partial charge in [-0.25, -0.2) is 4.79 Å². The maximum Gasteiger partial charge on any atom is 0.347 e. The van der Waals surface area contributed by atoms with E-state index < -0.39 is 11.6 Å². The number of benzene rings is 2. The van der Waals surface area contributed by atoms with Crippen molar-refractivity contribution in [2.75, 3.05) is 14.1 Å². The van der Waals surface area contributed by atoms with Crippen LogP contribution in [0.1, 0.15) is 35.1 Å².